The second-order valence-electron chi connectivity index (χ2n) is 4.79. The number of aryl methyl sites for hydroxylation is 1. The van der Waals surface area contributed by atoms with Gasteiger partial charge in [0.2, 0.25) is 0 Å². The Morgan fingerprint density at radius 1 is 1.33 bits per heavy atom. The van der Waals surface area contributed by atoms with Crippen LogP contribution in [0.3, 0.4) is 0 Å². The molecule has 0 aromatic heterocycles. The van der Waals surface area contributed by atoms with Crippen LogP contribution >= 0.6 is 0 Å². The maximum atomic E-state index is 9.17. The van der Waals surface area contributed by atoms with Crippen molar-refractivity contribution in [3.63, 3.8) is 0 Å². The molecule has 18 heavy (non-hydrogen) atoms. The number of rotatable bonds is 4. The van der Waals surface area contributed by atoms with Gasteiger partial charge in [-0.1, -0.05) is 41.6 Å². The van der Waals surface area contributed by atoms with E-state index in [0.717, 1.165) is 38.1 Å². The van der Waals surface area contributed by atoms with Crippen molar-refractivity contribution in [2.24, 2.45) is 5.16 Å². The second-order valence-corrected chi connectivity index (χ2v) is 4.79. The van der Waals surface area contributed by atoms with Crippen LogP contribution in [0.1, 0.15) is 18.4 Å². The molecule has 0 atom stereocenters. The molecule has 0 saturated carbocycles. The third-order valence-electron chi connectivity index (χ3n) is 3.33. The van der Waals surface area contributed by atoms with E-state index >= 15 is 0 Å². The summed E-state index contributed by atoms with van der Waals surface area (Å²) in [5, 5.41) is 12.7. The van der Waals surface area contributed by atoms with Gasteiger partial charge in [0.25, 0.3) is 0 Å². The van der Waals surface area contributed by atoms with Gasteiger partial charge < -0.3 is 10.1 Å². The maximum Gasteiger partial charge on any atom is 0.0840 e. The molecule has 3 nitrogen and oxygen atoms in total. The zero-order valence-electron chi connectivity index (χ0n) is 10.8. The van der Waals surface area contributed by atoms with Crippen molar-refractivity contribution in [3.05, 3.63) is 47.5 Å². The molecule has 1 aliphatic heterocycles. The van der Waals surface area contributed by atoms with Crippen LogP contribution in [0.25, 0.3) is 0 Å². The van der Waals surface area contributed by atoms with Gasteiger partial charge in [-0.2, -0.15) is 0 Å². The number of hydrogen-bond donors (Lipinski definition) is 1. The summed E-state index contributed by atoms with van der Waals surface area (Å²) in [4.78, 5) is 2.25. The summed E-state index contributed by atoms with van der Waals surface area (Å²) in [6.07, 6.45) is 4.94. The Morgan fingerprint density at radius 2 is 2.11 bits per heavy atom. The van der Waals surface area contributed by atoms with E-state index in [1.807, 2.05) is 18.2 Å². The monoisotopic (exact) mass is 244 g/mol. The SMILES string of the molecule is CN1CCC=C(C(CCc2ccccc2)=NO)C1. The minimum atomic E-state index is 0.792. The van der Waals surface area contributed by atoms with E-state index in [2.05, 4.69) is 35.3 Å². The Labute approximate surface area is 108 Å². The first-order chi connectivity index (χ1) is 8.79. The van der Waals surface area contributed by atoms with Crippen molar-refractivity contribution >= 4 is 5.71 Å². The fraction of sp³-hybridized carbons (Fsp3) is 0.400. The third kappa shape index (κ3) is 3.44. The van der Waals surface area contributed by atoms with E-state index in [-0.39, 0.29) is 0 Å². The summed E-state index contributed by atoms with van der Waals surface area (Å²) in [5.74, 6) is 0. The summed E-state index contributed by atoms with van der Waals surface area (Å²) in [6, 6.07) is 10.3. The molecular formula is C15H20N2O. The highest BCUT2D eigenvalue weighted by Gasteiger charge is 2.14. The zero-order chi connectivity index (χ0) is 12.8. The van der Waals surface area contributed by atoms with Gasteiger partial charge in [0.05, 0.1) is 5.71 Å². The summed E-state index contributed by atoms with van der Waals surface area (Å²) in [6.45, 7) is 1.97. The topological polar surface area (TPSA) is 35.8 Å². The van der Waals surface area contributed by atoms with Gasteiger partial charge in [0, 0.05) is 13.1 Å². The lowest BCUT2D eigenvalue weighted by atomic mass is 9.99. The van der Waals surface area contributed by atoms with E-state index in [4.69, 9.17) is 0 Å². The number of oxime groups is 1. The summed E-state index contributed by atoms with van der Waals surface area (Å²) < 4.78 is 0. The van der Waals surface area contributed by atoms with E-state index in [1.165, 1.54) is 11.1 Å². The molecule has 1 heterocycles. The van der Waals surface area contributed by atoms with Crippen LogP contribution in [0.4, 0.5) is 0 Å². The van der Waals surface area contributed by atoms with Crippen molar-refractivity contribution in [2.45, 2.75) is 19.3 Å². The van der Waals surface area contributed by atoms with Crippen molar-refractivity contribution < 1.29 is 5.21 Å². The first-order valence-electron chi connectivity index (χ1n) is 6.42. The minimum absolute atomic E-state index is 0.792. The third-order valence-corrected chi connectivity index (χ3v) is 3.33. The van der Waals surface area contributed by atoms with Crippen LogP contribution < -0.4 is 0 Å². The Hall–Kier alpha value is -1.61. The Morgan fingerprint density at radius 3 is 2.78 bits per heavy atom. The smallest absolute Gasteiger partial charge is 0.0840 e. The van der Waals surface area contributed by atoms with Crippen LogP contribution in [-0.2, 0) is 6.42 Å². The molecule has 0 radical (unpaired) electrons. The largest absolute Gasteiger partial charge is 0.411 e. The highest BCUT2D eigenvalue weighted by molar-refractivity contribution is 6.00. The van der Waals surface area contributed by atoms with E-state index in [0.29, 0.717) is 0 Å². The molecule has 0 unspecified atom stereocenters. The first-order valence-corrected chi connectivity index (χ1v) is 6.42. The molecule has 0 bridgehead atoms. The van der Waals surface area contributed by atoms with Gasteiger partial charge in [0.1, 0.15) is 0 Å². The van der Waals surface area contributed by atoms with E-state index in [9.17, 15) is 5.21 Å². The van der Waals surface area contributed by atoms with Crippen molar-refractivity contribution in [2.75, 3.05) is 20.1 Å². The summed E-state index contributed by atoms with van der Waals surface area (Å²) in [5.41, 5.74) is 3.27. The van der Waals surface area contributed by atoms with Gasteiger partial charge in [-0.15, -0.1) is 0 Å². The fourth-order valence-electron chi connectivity index (χ4n) is 2.28. The summed E-state index contributed by atoms with van der Waals surface area (Å²) in [7, 11) is 2.10. The average Bonchev–Trinajstić information content (AvgIpc) is 2.41. The zero-order valence-corrected chi connectivity index (χ0v) is 10.8. The molecule has 1 aromatic carbocycles. The van der Waals surface area contributed by atoms with Gasteiger partial charge in [-0.3, -0.25) is 0 Å². The summed E-state index contributed by atoms with van der Waals surface area (Å²) >= 11 is 0. The molecule has 1 aliphatic rings. The molecule has 0 aliphatic carbocycles. The molecule has 3 heteroatoms. The highest BCUT2D eigenvalue weighted by Crippen LogP contribution is 2.13. The van der Waals surface area contributed by atoms with Gasteiger partial charge in [0.15, 0.2) is 0 Å². The molecule has 0 fully saturated rings. The molecule has 2 rings (SSSR count). The van der Waals surface area contributed by atoms with Crippen molar-refractivity contribution in [1.82, 2.24) is 4.90 Å². The normalized spacial score (nSPS) is 17.6. The molecule has 0 saturated heterocycles. The standard InChI is InChI=1S/C15H20N2O/c1-17-11-5-8-14(12-17)15(16-18)10-9-13-6-3-2-4-7-13/h2-4,6-8,18H,5,9-12H2,1H3. The van der Waals surface area contributed by atoms with E-state index < -0.39 is 0 Å². The van der Waals surface area contributed by atoms with Crippen LogP contribution in [0.2, 0.25) is 0 Å². The van der Waals surface area contributed by atoms with Crippen LogP contribution in [-0.4, -0.2) is 36.0 Å². The average molecular weight is 244 g/mol. The second kappa shape index (κ2) is 6.36. The number of hydrogen-bond acceptors (Lipinski definition) is 3. The van der Waals surface area contributed by atoms with Crippen molar-refractivity contribution in [3.8, 4) is 0 Å². The lowest BCUT2D eigenvalue weighted by Crippen LogP contribution is -2.28. The molecule has 1 aromatic rings. The minimum Gasteiger partial charge on any atom is -0.411 e. The fourth-order valence-corrected chi connectivity index (χ4v) is 2.28. The van der Waals surface area contributed by atoms with Crippen LogP contribution in [0, 0.1) is 0 Å². The first kappa shape index (κ1) is 12.8. The maximum absolute atomic E-state index is 9.17. The van der Waals surface area contributed by atoms with Crippen LogP contribution in [0.5, 0.6) is 0 Å². The van der Waals surface area contributed by atoms with Crippen LogP contribution in [0.15, 0.2) is 47.1 Å². The predicted octanol–water partition coefficient (Wildman–Crippen LogP) is 2.71. The van der Waals surface area contributed by atoms with Gasteiger partial charge >= 0.3 is 0 Å². The lowest BCUT2D eigenvalue weighted by Gasteiger charge is -2.23. The molecule has 0 amide bonds. The predicted molar refractivity (Wildman–Crippen MR) is 74.2 cm³/mol. The van der Waals surface area contributed by atoms with Gasteiger partial charge in [-0.05, 0) is 37.4 Å². The van der Waals surface area contributed by atoms with E-state index in [1.54, 1.807) is 0 Å². The quantitative estimate of drug-likeness (QED) is 0.502. The highest BCUT2D eigenvalue weighted by atomic mass is 16.4. The number of nitrogens with zero attached hydrogens (tertiary/aromatic N) is 2. The molecule has 96 valence electrons. The molecule has 1 N–H and O–H groups in total. The number of benzene rings is 1. The van der Waals surface area contributed by atoms with Crippen molar-refractivity contribution in [1.29, 1.82) is 0 Å². The van der Waals surface area contributed by atoms with Gasteiger partial charge in [-0.25, -0.2) is 0 Å². The lowest BCUT2D eigenvalue weighted by molar-refractivity contribution is 0.315. The Bertz CT molecular complexity index is 437. The molecular weight excluding hydrogens is 224 g/mol. The number of likely N-dealkylation sites (N-methyl/N-ethyl adjacent to an activating group) is 1. The Kier molecular flexibility index (Phi) is 4.53. The molecule has 0 spiro atoms. The Balaban J connectivity index is 1.96.